The fourth-order valence-corrected chi connectivity index (χ4v) is 1.45. The third-order valence-electron chi connectivity index (χ3n) is 1.67. The van der Waals surface area contributed by atoms with Crippen molar-refractivity contribution in [2.75, 3.05) is 0 Å². The fraction of sp³-hybridized carbons (Fsp3) is 0.125. The molecule has 0 aliphatic carbocycles. The van der Waals surface area contributed by atoms with Crippen LogP contribution in [0.4, 0.5) is 0 Å². The van der Waals surface area contributed by atoms with Gasteiger partial charge in [-0.3, -0.25) is 0 Å². The summed E-state index contributed by atoms with van der Waals surface area (Å²) in [5.74, 6) is -0.277. The van der Waals surface area contributed by atoms with E-state index in [1.165, 1.54) is 0 Å². The highest BCUT2D eigenvalue weighted by molar-refractivity contribution is 7.80. The fourth-order valence-electron chi connectivity index (χ4n) is 1.13. The highest BCUT2D eigenvalue weighted by Gasteiger charge is 2.27. The van der Waals surface area contributed by atoms with E-state index in [1.807, 2.05) is 18.2 Å². The summed E-state index contributed by atoms with van der Waals surface area (Å²) in [5.41, 5.74) is 1.12. The molecular weight excluding hydrogens is 160 g/mol. The monoisotopic (exact) mass is 166 g/mol. The molecule has 1 aliphatic rings. The van der Waals surface area contributed by atoms with Crippen molar-refractivity contribution in [1.82, 2.24) is 0 Å². The second kappa shape index (κ2) is 2.27. The number of cyclic esters (lactones) is 1. The van der Waals surface area contributed by atoms with Crippen LogP contribution in [0.15, 0.2) is 24.3 Å². The Hall–Kier alpha value is -0.960. The Bertz CT molecular complexity index is 309. The molecule has 2 nitrogen and oxygen atoms in total. The van der Waals surface area contributed by atoms with Crippen LogP contribution in [0.3, 0.4) is 0 Å². The lowest BCUT2D eigenvalue weighted by Crippen LogP contribution is -1.92. The van der Waals surface area contributed by atoms with E-state index in [0.717, 1.165) is 5.56 Å². The maximum absolute atomic E-state index is 11.0. The van der Waals surface area contributed by atoms with Gasteiger partial charge in [0, 0.05) is 5.56 Å². The van der Waals surface area contributed by atoms with Gasteiger partial charge in [0.15, 0.2) is 5.44 Å². The Balaban J connectivity index is 2.60. The lowest BCUT2D eigenvalue weighted by atomic mass is 10.1. The molecule has 1 aromatic carbocycles. The van der Waals surface area contributed by atoms with Crippen LogP contribution in [0.2, 0.25) is 0 Å². The maximum Gasteiger partial charge on any atom is 0.340 e. The minimum absolute atomic E-state index is 0.277. The molecule has 0 N–H and O–H groups in total. The first kappa shape index (κ1) is 6.73. The molecule has 1 aliphatic heterocycles. The van der Waals surface area contributed by atoms with Crippen molar-refractivity contribution in [3.8, 4) is 0 Å². The third-order valence-corrected chi connectivity index (χ3v) is 2.05. The van der Waals surface area contributed by atoms with Gasteiger partial charge in [0.1, 0.15) is 0 Å². The largest absolute Gasteiger partial charge is 0.443 e. The Morgan fingerprint density at radius 2 is 2.09 bits per heavy atom. The molecular formula is C8H6O2S. The summed E-state index contributed by atoms with van der Waals surface area (Å²) in [6.07, 6.45) is 0. The zero-order valence-corrected chi connectivity index (χ0v) is 6.54. The minimum atomic E-state index is -0.376. The second-order valence-electron chi connectivity index (χ2n) is 2.34. The Morgan fingerprint density at radius 1 is 1.36 bits per heavy atom. The molecule has 0 aromatic heterocycles. The second-order valence-corrected chi connectivity index (χ2v) is 2.81. The standard InChI is InChI=1S/C8H6O2S/c9-7-5-3-1-2-4-6(5)8(11)10-7/h1-4,8,11H. The van der Waals surface area contributed by atoms with Crippen molar-refractivity contribution in [2.24, 2.45) is 0 Å². The third kappa shape index (κ3) is 0.922. The van der Waals surface area contributed by atoms with Crippen molar-refractivity contribution in [3.63, 3.8) is 0 Å². The van der Waals surface area contributed by atoms with Crippen molar-refractivity contribution in [2.45, 2.75) is 5.44 Å². The summed E-state index contributed by atoms with van der Waals surface area (Å²) >= 11 is 4.09. The molecule has 0 saturated carbocycles. The van der Waals surface area contributed by atoms with Crippen LogP contribution >= 0.6 is 12.6 Å². The van der Waals surface area contributed by atoms with Crippen molar-refractivity contribution < 1.29 is 9.53 Å². The number of hydrogen-bond donors (Lipinski definition) is 1. The molecule has 1 aromatic rings. The molecule has 0 fully saturated rings. The van der Waals surface area contributed by atoms with Gasteiger partial charge in [0.25, 0.3) is 0 Å². The number of benzene rings is 1. The minimum Gasteiger partial charge on any atom is -0.443 e. The van der Waals surface area contributed by atoms with Crippen LogP contribution < -0.4 is 0 Å². The summed E-state index contributed by atoms with van der Waals surface area (Å²) in [7, 11) is 0. The van der Waals surface area contributed by atoms with Gasteiger partial charge in [-0.2, -0.15) is 0 Å². The van der Waals surface area contributed by atoms with E-state index in [1.54, 1.807) is 6.07 Å². The molecule has 0 bridgehead atoms. The van der Waals surface area contributed by atoms with Crippen LogP contribution in [0.5, 0.6) is 0 Å². The number of carbonyl (C=O) groups is 1. The van der Waals surface area contributed by atoms with E-state index >= 15 is 0 Å². The van der Waals surface area contributed by atoms with Crippen LogP contribution in [-0.4, -0.2) is 5.97 Å². The van der Waals surface area contributed by atoms with Gasteiger partial charge in [-0.1, -0.05) is 18.2 Å². The number of esters is 1. The lowest BCUT2D eigenvalue weighted by molar-refractivity contribution is 0.0524. The summed E-state index contributed by atoms with van der Waals surface area (Å²) in [6.45, 7) is 0. The van der Waals surface area contributed by atoms with Crippen molar-refractivity contribution in [1.29, 1.82) is 0 Å². The quantitative estimate of drug-likeness (QED) is 0.469. The van der Waals surface area contributed by atoms with Gasteiger partial charge in [0.2, 0.25) is 0 Å². The van der Waals surface area contributed by atoms with Gasteiger partial charge in [0.05, 0.1) is 5.56 Å². The molecule has 0 amide bonds. The normalized spacial score (nSPS) is 21.2. The van der Waals surface area contributed by atoms with Gasteiger partial charge in [-0.25, -0.2) is 4.79 Å². The SMILES string of the molecule is O=C1OC(S)c2ccccc21. The molecule has 56 valence electrons. The van der Waals surface area contributed by atoms with Crippen molar-refractivity contribution in [3.05, 3.63) is 35.4 Å². The molecule has 1 heterocycles. The molecule has 0 saturated heterocycles. The smallest absolute Gasteiger partial charge is 0.340 e. The zero-order chi connectivity index (χ0) is 7.84. The van der Waals surface area contributed by atoms with Crippen LogP contribution in [0.1, 0.15) is 21.4 Å². The summed E-state index contributed by atoms with van der Waals surface area (Å²) in [5, 5.41) is 0. The summed E-state index contributed by atoms with van der Waals surface area (Å²) in [4.78, 5) is 11.0. The lowest BCUT2D eigenvalue weighted by Gasteiger charge is -1.98. The molecule has 11 heavy (non-hydrogen) atoms. The van der Waals surface area contributed by atoms with E-state index < -0.39 is 0 Å². The van der Waals surface area contributed by atoms with Gasteiger partial charge < -0.3 is 4.74 Å². The van der Waals surface area contributed by atoms with E-state index in [-0.39, 0.29) is 11.4 Å². The Labute approximate surface area is 69.6 Å². The molecule has 0 radical (unpaired) electrons. The molecule has 0 spiro atoms. The van der Waals surface area contributed by atoms with Crippen LogP contribution in [-0.2, 0) is 4.74 Å². The maximum atomic E-state index is 11.0. The zero-order valence-electron chi connectivity index (χ0n) is 5.65. The predicted octanol–water partition coefficient (Wildman–Crippen LogP) is 1.79. The highest BCUT2D eigenvalue weighted by atomic mass is 32.1. The molecule has 3 heteroatoms. The summed E-state index contributed by atoms with van der Waals surface area (Å²) < 4.78 is 4.86. The topological polar surface area (TPSA) is 26.3 Å². The molecule has 1 unspecified atom stereocenters. The van der Waals surface area contributed by atoms with Crippen LogP contribution in [0.25, 0.3) is 0 Å². The van der Waals surface area contributed by atoms with E-state index in [2.05, 4.69) is 12.6 Å². The van der Waals surface area contributed by atoms with Gasteiger partial charge in [-0.05, 0) is 6.07 Å². The van der Waals surface area contributed by atoms with Gasteiger partial charge in [-0.15, -0.1) is 12.6 Å². The first-order valence-corrected chi connectivity index (χ1v) is 3.78. The first-order chi connectivity index (χ1) is 5.29. The Kier molecular flexibility index (Phi) is 1.39. The number of thiol groups is 1. The van der Waals surface area contributed by atoms with Gasteiger partial charge >= 0.3 is 5.97 Å². The first-order valence-electron chi connectivity index (χ1n) is 3.27. The van der Waals surface area contributed by atoms with Crippen LogP contribution in [0, 0.1) is 0 Å². The number of carbonyl (C=O) groups excluding carboxylic acids is 1. The van der Waals surface area contributed by atoms with E-state index in [0.29, 0.717) is 5.56 Å². The molecule has 2 rings (SSSR count). The van der Waals surface area contributed by atoms with E-state index in [4.69, 9.17) is 4.74 Å². The number of fused-ring (bicyclic) bond motifs is 1. The number of hydrogen-bond acceptors (Lipinski definition) is 3. The van der Waals surface area contributed by atoms with E-state index in [9.17, 15) is 4.79 Å². The summed E-state index contributed by atoms with van der Waals surface area (Å²) in [6, 6.07) is 7.27. The molecule has 1 atom stereocenters. The number of rotatable bonds is 0. The van der Waals surface area contributed by atoms with Crippen molar-refractivity contribution >= 4 is 18.6 Å². The Morgan fingerprint density at radius 3 is 2.82 bits per heavy atom. The number of ether oxygens (including phenoxy) is 1. The predicted molar refractivity (Wildman–Crippen MR) is 43.6 cm³/mol. The average Bonchev–Trinajstić information content (AvgIpc) is 2.30. The average molecular weight is 166 g/mol. The highest BCUT2D eigenvalue weighted by Crippen LogP contribution is 2.32.